The molecule has 1 aromatic heterocycles. The van der Waals surface area contributed by atoms with Crippen molar-refractivity contribution in [3.05, 3.63) is 64.1 Å². The van der Waals surface area contributed by atoms with Crippen LogP contribution in [-0.2, 0) is 0 Å². The van der Waals surface area contributed by atoms with Crippen molar-refractivity contribution in [1.82, 2.24) is 4.98 Å². The Kier molecular flexibility index (Phi) is 4.09. The first-order chi connectivity index (χ1) is 8.61. The number of rotatable bonds is 3. The quantitative estimate of drug-likeness (QED) is 0.935. The van der Waals surface area contributed by atoms with E-state index in [1.807, 2.05) is 25.1 Å². The highest BCUT2D eigenvalue weighted by molar-refractivity contribution is 9.10. The largest absolute Gasteiger partial charge is 0.388 e. The van der Waals surface area contributed by atoms with Gasteiger partial charge in [0, 0.05) is 23.4 Å². The van der Waals surface area contributed by atoms with Crippen molar-refractivity contribution in [2.75, 3.05) is 0 Å². The molecule has 0 aliphatic carbocycles. The summed E-state index contributed by atoms with van der Waals surface area (Å²) in [7, 11) is 0. The predicted molar refractivity (Wildman–Crippen MR) is 71.7 cm³/mol. The molecule has 94 valence electrons. The van der Waals surface area contributed by atoms with Crippen LogP contribution in [0.5, 0.6) is 0 Å². The third kappa shape index (κ3) is 2.60. The zero-order chi connectivity index (χ0) is 13.1. The Labute approximate surface area is 114 Å². The van der Waals surface area contributed by atoms with Gasteiger partial charge in [0.1, 0.15) is 5.82 Å². The maximum Gasteiger partial charge on any atom is 0.143 e. The number of aliphatic hydroxyl groups excluding tert-OH is 1. The molecule has 1 heterocycles. The molecule has 2 rings (SSSR count). The SMILES string of the molecule is CC(c1ccccn1)C(O)c1cccc(Br)c1F. The van der Waals surface area contributed by atoms with E-state index in [0.717, 1.165) is 5.69 Å². The van der Waals surface area contributed by atoms with Gasteiger partial charge in [0.25, 0.3) is 0 Å². The summed E-state index contributed by atoms with van der Waals surface area (Å²) < 4.78 is 14.3. The summed E-state index contributed by atoms with van der Waals surface area (Å²) in [6.07, 6.45) is 0.743. The highest BCUT2D eigenvalue weighted by atomic mass is 79.9. The number of benzene rings is 1. The van der Waals surface area contributed by atoms with Gasteiger partial charge in [-0.1, -0.05) is 25.1 Å². The van der Waals surface area contributed by atoms with Gasteiger partial charge in [-0.3, -0.25) is 4.98 Å². The van der Waals surface area contributed by atoms with Gasteiger partial charge in [0.15, 0.2) is 0 Å². The lowest BCUT2D eigenvalue weighted by Crippen LogP contribution is -2.11. The molecule has 2 aromatic rings. The maximum absolute atomic E-state index is 13.9. The van der Waals surface area contributed by atoms with E-state index in [4.69, 9.17) is 0 Å². The van der Waals surface area contributed by atoms with Gasteiger partial charge in [-0.2, -0.15) is 0 Å². The smallest absolute Gasteiger partial charge is 0.143 e. The molecular weight excluding hydrogens is 297 g/mol. The number of aliphatic hydroxyl groups is 1. The van der Waals surface area contributed by atoms with E-state index in [1.54, 1.807) is 24.4 Å². The molecule has 2 nitrogen and oxygen atoms in total. The summed E-state index contributed by atoms with van der Waals surface area (Å²) in [4.78, 5) is 4.18. The Morgan fingerprint density at radius 3 is 2.67 bits per heavy atom. The maximum atomic E-state index is 13.9. The van der Waals surface area contributed by atoms with Crippen LogP contribution in [0.3, 0.4) is 0 Å². The van der Waals surface area contributed by atoms with Gasteiger partial charge in [-0.15, -0.1) is 0 Å². The van der Waals surface area contributed by atoms with Gasteiger partial charge in [-0.05, 0) is 34.1 Å². The van der Waals surface area contributed by atoms with Gasteiger partial charge in [0.05, 0.1) is 10.6 Å². The Morgan fingerprint density at radius 2 is 2.00 bits per heavy atom. The van der Waals surface area contributed by atoms with Crippen molar-refractivity contribution in [1.29, 1.82) is 0 Å². The monoisotopic (exact) mass is 309 g/mol. The molecular formula is C14H13BrFNO. The molecule has 0 amide bonds. The molecule has 0 radical (unpaired) electrons. The normalized spacial score (nSPS) is 14.2. The summed E-state index contributed by atoms with van der Waals surface area (Å²) in [6, 6.07) is 10.4. The number of pyridine rings is 1. The number of halogens is 2. The minimum Gasteiger partial charge on any atom is -0.388 e. The number of aromatic nitrogens is 1. The van der Waals surface area contributed by atoms with Crippen molar-refractivity contribution in [2.24, 2.45) is 0 Å². The fourth-order valence-electron chi connectivity index (χ4n) is 1.83. The van der Waals surface area contributed by atoms with Crippen LogP contribution in [0.15, 0.2) is 47.1 Å². The molecule has 0 saturated carbocycles. The fourth-order valence-corrected chi connectivity index (χ4v) is 2.21. The van der Waals surface area contributed by atoms with E-state index in [0.29, 0.717) is 4.47 Å². The predicted octanol–water partition coefficient (Wildman–Crippen LogP) is 3.82. The molecule has 1 aromatic carbocycles. The summed E-state index contributed by atoms with van der Waals surface area (Å²) in [5.41, 5.74) is 1.02. The first-order valence-corrected chi connectivity index (χ1v) is 6.43. The Bertz CT molecular complexity index is 533. The molecule has 4 heteroatoms. The second kappa shape index (κ2) is 5.59. The summed E-state index contributed by atoms with van der Waals surface area (Å²) in [5.74, 6) is -0.692. The van der Waals surface area contributed by atoms with Crippen LogP contribution in [0.2, 0.25) is 0 Å². The van der Waals surface area contributed by atoms with E-state index in [2.05, 4.69) is 20.9 Å². The van der Waals surface area contributed by atoms with Crippen LogP contribution in [0, 0.1) is 5.82 Å². The summed E-state index contributed by atoms with van der Waals surface area (Å²) in [6.45, 7) is 1.83. The van der Waals surface area contributed by atoms with Crippen molar-refractivity contribution in [3.63, 3.8) is 0 Å². The van der Waals surface area contributed by atoms with Crippen LogP contribution >= 0.6 is 15.9 Å². The van der Waals surface area contributed by atoms with Crippen LogP contribution in [-0.4, -0.2) is 10.1 Å². The summed E-state index contributed by atoms with van der Waals surface area (Å²) >= 11 is 3.12. The molecule has 18 heavy (non-hydrogen) atoms. The molecule has 2 atom stereocenters. The van der Waals surface area contributed by atoms with Gasteiger partial charge in [0.2, 0.25) is 0 Å². The molecule has 0 bridgehead atoms. The van der Waals surface area contributed by atoms with E-state index in [9.17, 15) is 9.50 Å². The fraction of sp³-hybridized carbons (Fsp3) is 0.214. The zero-order valence-corrected chi connectivity index (χ0v) is 11.4. The third-order valence-electron chi connectivity index (χ3n) is 2.93. The lowest BCUT2D eigenvalue weighted by atomic mass is 9.94. The standard InChI is InChI=1S/C14H13BrFNO/c1-9(12-7-2-3-8-17-12)14(18)10-5-4-6-11(15)13(10)16/h2-9,14,18H,1H3. The molecule has 0 fully saturated rings. The van der Waals surface area contributed by atoms with Crippen LogP contribution in [0.1, 0.15) is 30.2 Å². The molecule has 0 saturated heterocycles. The highest BCUT2D eigenvalue weighted by Crippen LogP contribution is 2.32. The van der Waals surface area contributed by atoms with Crippen molar-refractivity contribution >= 4 is 15.9 Å². The van der Waals surface area contributed by atoms with Crippen molar-refractivity contribution in [3.8, 4) is 0 Å². The van der Waals surface area contributed by atoms with Crippen LogP contribution < -0.4 is 0 Å². The van der Waals surface area contributed by atoms with E-state index < -0.39 is 11.9 Å². The van der Waals surface area contributed by atoms with Crippen molar-refractivity contribution < 1.29 is 9.50 Å². The van der Waals surface area contributed by atoms with E-state index in [-0.39, 0.29) is 11.5 Å². The number of hydrogen-bond donors (Lipinski definition) is 1. The van der Waals surface area contributed by atoms with Gasteiger partial charge in [-0.25, -0.2) is 4.39 Å². The lowest BCUT2D eigenvalue weighted by Gasteiger charge is -2.19. The Hall–Kier alpha value is -1.26. The van der Waals surface area contributed by atoms with Gasteiger partial charge < -0.3 is 5.11 Å². The minimum atomic E-state index is -0.919. The second-order valence-corrected chi connectivity index (χ2v) is 4.99. The van der Waals surface area contributed by atoms with Crippen molar-refractivity contribution in [2.45, 2.75) is 18.9 Å². The first-order valence-electron chi connectivity index (χ1n) is 5.64. The molecule has 0 aliphatic heterocycles. The van der Waals surface area contributed by atoms with E-state index >= 15 is 0 Å². The highest BCUT2D eigenvalue weighted by Gasteiger charge is 2.22. The lowest BCUT2D eigenvalue weighted by molar-refractivity contribution is 0.145. The Balaban J connectivity index is 2.31. The minimum absolute atomic E-state index is 0.269. The zero-order valence-electron chi connectivity index (χ0n) is 9.85. The number of nitrogens with zero attached hydrogens (tertiary/aromatic N) is 1. The average Bonchev–Trinajstić information content (AvgIpc) is 2.41. The number of hydrogen-bond acceptors (Lipinski definition) is 2. The molecule has 2 unspecified atom stereocenters. The molecule has 1 N–H and O–H groups in total. The second-order valence-electron chi connectivity index (χ2n) is 4.13. The first kappa shape index (κ1) is 13.2. The van der Waals surface area contributed by atoms with E-state index in [1.165, 1.54) is 0 Å². The topological polar surface area (TPSA) is 33.1 Å². The third-order valence-corrected chi connectivity index (χ3v) is 3.54. The molecule has 0 aliphatic rings. The average molecular weight is 310 g/mol. The molecule has 0 spiro atoms. The van der Waals surface area contributed by atoms with Crippen LogP contribution in [0.25, 0.3) is 0 Å². The van der Waals surface area contributed by atoms with Crippen LogP contribution in [0.4, 0.5) is 4.39 Å². The summed E-state index contributed by atoms with van der Waals surface area (Å²) in [5, 5.41) is 10.2. The Morgan fingerprint density at radius 1 is 1.22 bits per heavy atom. The van der Waals surface area contributed by atoms with Gasteiger partial charge >= 0.3 is 0 Å².